The minimum absolute atomic E-state index is 0.425. The Morgan fingerprint density at radius 3 is 2.06 bits per heavy atom. The highest BCUT2D eigenvalue weighted by Crippen LogP contribution is 2.21. The van der Waals surface area contributed by atoms with Crippen LogP contribution in [0, 0.1) is 0 Å². The molecule has 0 saturated heterocycles. The number of carbonyl (C=O) groups is 1. The summed E-state index contributed by atoms with van der Waals surface area (Å²) in [6.07, 6.45) is 1.41. The van der Waals surface area contributed by atoms with Crippen molar-refractivity contribution < 1.29 is 9.90 Å². The van der Waals surface area contributed by atoms with Crippen LogP contribution in [0.2, 0.25) is 0 Å². The first-order valence-electron chi connectivity index (χ1n) is 6.09. The second kappa shape index (κ2) is 6.01. The monoisotopic (exact) mass is 240 g/mol. The van der Waals surface area contributed by atoms with Crippen LogP contribution in [0.5, 0.6) is 0 Å². The van der Waals surface area contributed by atoms with Crippen LogP contribution in [0.15, 0.2) is 60.7 Å². The highest BCUT2D eigenvalue weighted by atomic mass is 16.4. The van der Waals surface area contributed by atoms with Gasteiger partial charge in [0.15, 0.2) is 0 Å². The van der Waals surface area contributed by atoms with Gasteiger partial charge in [0, 0.05) is 0 Å². The van der Waals surface area contributed by atoms with Crippen LogP contribution < -0.4 is 0 Å². The normalized spacial score (nSPS) is 12.0. The van der Waals surface area contributed by atoms with Gasteiger partial charge in [0.05, 0.1) is 5.92 Å². The smallest absolute Gasteiger partial charge is 0.310 e. The van der Waals surface area contributed by atoms with Gasteiger partial charge in [-0.1, -0.05) is 60.7 Å². The minimum atomic E-state index is -0.753. The first kappa shape index (κ1) is 12.4. The molecular formula is C16H16O2. The molecular weight excluding hydrogens is 224 g/mol. The summed E-state index contributed by atoms with van der Waals surface area (Å²) >= 11 is 0. The molecule has 0 aliphatic heterocycles. The number of aryl methyl sites for hydroxylation is 1. The maximum absolute atomic E-state index is 11.3. The molecule has 18 heavy (non-hydrogen) atoms. The molecule has 2 nitrogen and oxygen atoms in total. The molecule has 0 saturated carbocycles. The Morgan fingerprint density at radius 2 is 1.50 bits per heavy atom. The topological polar surface area (TPSA) is 37.3 Å². The quantitative estimate of drug-likeness (QED) is 0.868. The second-order valence-electron chi connectivity index (χ2n) is 4.33. The molecule has 0 aliphatic carbocycles. The Kier molecular flexibility index (Phi) is 4.13. The van der Waals surface area contributed by atoms with Crippen molar-refractivity contribution in [3.8, 4) is 0 Å². The van der Waals surface area contributed by atoms with E-state index in [1.807, 2.05) is 60.7 Å². The number of carboxylic acid groups (broad SMARTS) is 1. The first-order valence-corrected chi connectivity index (χ1v) is 6.09. The zero-order valence-corrected chi connectivity index (χ0v) is 10.1. The molecule has 0 fully saturated rings. The van der Waals surface area contributed by atoms with Gasteiger partial charge in [0.1, 0.15) is 0 Å². The fourth-order valence-corrected chi connectivity index (χ4v) is 2.07. The van der Waals surface area contributed by atoms with E-state index in [1.165, 1.54) is 5.56 Å². The van der Waals surface area contributed by atoms with Gasteiger partial charge in [-0.3, -0.25) is 4.79 Å². The molecule has 2 aromatic rings. The predicted molar refractivity (Wildman–Crippen MR) is 71.6 cm³/mol. The molecule has 0 spiro atoms. The lowest BCUT2D eigenvalue weighted by Crippen LogP contribution is -2.12. The molecule has 0 aliphatic rings. The minimum Gasteiger partial charge on any atom is -0.481 e. The highest BCUT2D eigenvalue weighted by molar-refractivity contribution is 5.76. The Labute approximate surface area is 107 Å². The molecule has 2 aromatic carbocycles. The van der Waals surface area contributed by atoms with E-state index in [1.54, 1.807) is 0 Å². The van der Waals surface area contributed by atoms with Crippen molar-refractivity contribution in [2.75, 3.05) is 0 Å². The molecule has 0 aromatic heterocycles. The van der Waals surface area contributed by atoms with Crippen LogP contribution in [0.25, 0.3) is 0 Å². The number of hydrogen-bond donors (Lipinski definition) is 1. The fourth-order valence-electron chi connectivity index (χ4n) is 2.07. The zero-order valence-electron chi connectivity index (χ0n) is 10.1. The molecule has 0 amide bonds. The van der Waals surface area contributed by atoms with Gasteiger partial charge >= 0.3 is 5.97 Å². The van der Waals surface area contributed by atoms with Gasteiger partial charge in [-0.05, 0) is 24.0 Å². The lowest BCUT2D eigenvalue weighted by molar-refractivity contribution is -0.138. The fraction of sp³-hybridized carbons (Fsp3) is 0.188. The molecule has 1 atom stereocenters. The number of aliphatic carboxylic acids is 1. The third-order valence-corrected chi connectivity index (χ3v) is 3.06. The van der Waals surface area contributed by atoms with Crippen LogP contribution in [0.4, 0.5) is 0 Å². The molecule has 1 N–H and O–H groups in total. The SMILES string of the molecule is O=C(O)C(CCc1ccccc1)c1ccccc1. The first-order chi connectivity index (χ1) is 8.77. The summed E-state index contributed by atoms with van der Waals surface area (Å²) in [5, 5.41) is 9.30. The Bertz CT molecular complexity index is 491. The van der Waals surface area contributed by atoms with E-state index in [4.69, 9.17) is 0 Å². The standard InChI is InChI=1S/C16H16O2/c17-16(18)15(14-9-5-2-6-10-14)12-11-13-7-3-1-4-8-13/h1-10,15H,11-12H2,(H,17,18). The summed E-state index contributed by atoms with van der Waals surface area (Å²) in [4.78, 5) is 11.3. The van der Waals surface area contributed by atoms with E-state index in [2.05, 4.69) is 0 Å². The summed E-state index contributed by atoms with van der Waals surface area (Å²) in [5.74, 6) is -1.18. The van der Waals surface area contributed by atoms with E-state index >= 15 is 0 Å². The second-order valence-corrected chi connectivity index (χ2v) is 4.33. The van der Waals surface area contributed by atoms with Gasteiger partial charge in [-0.2, -0.15) is 0 Å². The zero-order chi connectivity index (χ0) is 12.8. The van der Waals surface area contributed by atoms with Gasteiger partial charge in [0.25, 0.3) is 0 Å². The maximum Gasteiger partial charge on any atom is 0.310 e. The van der Waals surface area contributed by atoms with Crippen molar-refractivity contribution in [3.05, 3.63) is 71.8 Å². The van der Waals surface area contributed by atoms with Gasteiger partial charge in [-0.25, -0.2) is 0 Å². The third-order valence-electron chi connectivity index (χ3n) is 3.06. The molecule has 0 bridgehead atoms. The number of carboxylic acids is 1. The van der Waals surface area contributed by atoms with Crippen molar-refractivity contribution in [2.24, 2.45) is 0 Å². The van der Waals surface area contributed by atoms with Gasteiger partial charge in [-0.15, -0.1) is 0 Å². The molecule has 1 unspecified atom stereocenters. The summed E-state index contributed by atoms with van der Waals surface area (Å²) < 4.78 is 0. The van der Waals surface area contributed by atoms with Crippen LogP contribution >= 0.6 is 0 Å². The predicted octanol–water partition coefficient (Wildman–Crippen LogP) is 3.49. The third kappa shape index (κ3) is 3.20. The maximum atomic E-state index is 11.3. The van der Waals surface area contributed by atoms with Crippen LogP contribution in [0.3, 0.4) is 0 Å². The average Bonchev–Trinajstić information content (AvgIpc) is 2.41. The lowest BCUT2D eigenvalue weighted by Gasteiger charge is -2.12. The summed E-state index contributed by atoms with van der Waals surface area (Å²) in [6.45, 7) is 0. The lowest BCUT2D eigenvalue weighted by atomic mass is 9.92. The van der Waals surface area contributed by atoms with E-state index in [9.17, 15) is 9.90 Å². The number of rotatable bonds is 5. The van der Waals surface area contributed by atoms with Crippen LogP contribution in [0.1, 0.15) is 23.5 Å². The molecule has 2 rings (SSSR count). The van der Waals surface area contributed by atoms with E-state index in [0.717, 1.165) is 12.0 Å². The molecule has 2 heteroatoms. The number of benzene rings is 2. The summed E-state index contributed by atoms with van der Waals surface area (Å²) in [6, 6.07) is 19.4. The largest absolute Gasteiger partial charge is 0.481 e. The van der Waals surface area contributed by atoms with E-state index in [0.29, 0.717) is 6.42 Å². The number of hydrogen-bond acceptors (Lipinski definition) is 1. The van der Waals surface area contributed by atoms with Crippen LogP contribution in [-0.2, 0) is 11.2 Å². The van der Waals surface area contributed by atoms with Gasteiger partial charge < -0.3 is 5.11 Å². The summed E-state index contributed by atoms with van der Waals surface area (Å²) in [7, 11) is 0. The van der Waals surface area contributed by atoms with Crippen molar-refractivity contribution in [2.45, 2.75) is 18.8 Å². The van der Waals surface area contributed by atoms with E-state index in [-0.39, 0.29) is 0 Å². The van der Waals surface area contributed by atoms with Gasteiger partial charge in [0.2, 0.25) is 0 Å². The van der Waals surface area contributed by atoms with E-state index < -0.39 is 11.9 Å². The Balaban J connectivity index is 2.06. The molecule has 92 valence electrons. The van der Waals surface area contributed by atoms with Crippen LogP contribution in [-0.4, -0.2) is 11.1 Å². The van der Waals surface area contributed by atoms with Crippen molar-refractivity contribution >= 4 is 5.97 Å². The van der Waals surface area contributed by atoms with Crippen molar-refractivity contribution in [3.63, 3.8) is 0 Å². The summed E-state index contributed by atoms with van der Waals surface area (Å²) in [5.41, 5.74) is 2.06. The van der Waals surface area contributed by atoms with Crippen molar-refractivity contribution in [1.82, 2.24) is 0 Å². The average molecular weight is 240 g/mol. The highest BCUT2D eigenvalue weighted by Gasteiger charge is 2.18. The molecule has 0 radical (unpaired) electrons. The Morgan fingerprint density at radius 1 is 0.944 bits per heavy atom. The van der Waals surface area contributed by atoms with Crippen molar-refractivity contribution in [1.29, 1.82) is 0 Å². The Hall–Kier alpha value is -2.09. The molecule has 0 heterocycles.